The molecule has 3 heteroatoms. The molecular weight excluding hydrogens is 296 g/mol. The molecule has 0 saturated carbocycles. The molecule has 0 spiro atoms. The van der Waals surface area contributed by atoms with E-state index in [-0.39, 0.29) is 0 Å². The van der Waals surface area contributed by atoms with Crippen molar-refractivity contribution in [3.63, 3.8) is 0 Å². The highest BCUT2D eigenvalue weighted by molar-refractivity contribution is 9.10. The van der Waals surface area contributed by atoms with Crippen LogP contribution in [0.15, 0.2) is 33.4 Å². The summed E-state index contributed by atoms with van der Waals surface area (Å²) in [6.07, 6.45) is 0.235. The standard InChI is InChI=1S/C14H15BrOS/c1-9-3-4-10(2)11(5-9)6-14(16)12-7-17-8-13(12)15/h3-5,7-8,14,16H,6H2,1-2H3. The van der Waals surface area contributed by atoms with Gasteiger partial charge in [-0.2, -0.15) is 11.3 Å². The van der Waals surface area contributed by atoms with Gasteiger partial charge in [-0.25, -0.2) is 0 Å². The minimum Gasteiger partial charge on any atom is -0.388 e. The monoisotopic (exact) mass is 310 g/mol. The van der Waals surface area contributed by atoms with Gasteiger partial charge in [0.2, 0.25) is 0 Å². The summed E-state index contributed by atoms with van der Waals surface area (Å²) in [4.78, 5) is 0. The van der Waals surface area contributed by atoms with Gasteiger partial charge in [0.25, 0.3) is 0 Å². The summed E-state index contributed by atoms with van der Waals surface area (Å²) in [5, 5.41) is 14.2. The van der Waals surface area contributed by atoms with Crippen molar-refractivity contribution in [2.24, 2.45) is 0 Å². The summed E-state index contributed by atoms with van der Waals surface area (Å²) in [6, 6.07) is 6.37. The number of aryl methyl sites for hydroxylation is 2. The zero-order chi connectivity index (χ0) is 12.4. The van der Waals surface area contributed by atoms with Crippen LogP contribution in [-0.2, 0) is 6.42 Å². The van der Waals surface area contributed by atoms with Crippen LogP contribution in [0.5, 0.6) is 0 Å². The topological polar surface area (TPSA) is 20.2 Å². The van der Waals surface area contributed by atoms with Crippen molar-refractivity contribution in [1.82, 2.24) is 0 Å². The lowest BCUT2D eigenvalue weighted by molar-refractivity contribution is 0.178. The lowest BCUT2D eigenvalue weighted by Gasteiger charge is -2.13. The molecule has 1 nitrogen and oxygen atoms in total. The fraction of sp³-hybridized carbons (Fsp3) is 0.286. The number of hydrogen-bond donors (Lipinski definition) is 1. The number of aliphatic hydroxyl groups is 1. The van der Waals surface area contributed by atoms with Crippen LogP contribution < -0.4 is 0 Å². The van der Waals surface area contributed by atoms with Gasteiger partial charge in [0.05, 0.1) is 6.10 Å². The van der Waals surface area contributed by atoms with Crippen molar-refractivity contribution < 1.29 is 5.11 Å². The van der Waals surface area contributed by atoms with E-state index in [1.165, 1.54) is 16.7 Å². The molecule has 2 aromatic rings. The molecule has 0 amide bonds. The van der Waals surface area contributed by atoms with Crippen molar-refractivity contribution in [2.75, 3.05) is 0 Å². The minimum atomic E-state index is -0.434. The number of thiophene rings is 1. The lowest BCUT2D eigenvalue weighted by Crippen LogP contribution is -2.03. The molecule has 2 rings (SSSR count). The van der Waals surface area contributed by atoms with E-state index < -0.39 is 6.10 Å². The predicted octanol–water partition coefficient (Wildman–Crippen LogP) is 4.40. The molecule has 0 fully saturated rings. The lowest BCUT2D eigenvalue weighted by atomic mass is 9.98. The summed E-state index contributed by atoms with van der Waals surface area (Å²) in [5.74, 6) is 0. The average Bonchev–Trinajstić information content (AvgIpc) is 2.70. The summed E-state index contributed by atoms with van der Waals surface area (Å²) >= 11 is 5.07. The van der Waals surface area contributed by atoms with E-state index in [0.717, 1.165) is 10.0 Å². The third-order valence-electron chi connectivity index (χ3n) is 2.92. The predicted molar refractivity (Wildman–Crippen MR) is 76.6 cm³/mol. The molecule has 0 aliphatic heterocycles. The molecule has 0 saturated heterocycles. The molecule has 1 heterocycles. The first-order valence-corrected chi connectivity index (χ1v) is 7.27. The first kappa shape index (κ1) is 12.8. The molecule has 17 heavy (non-hydrogen) atoms. The number of halogens is 1. The normalized spacial score (nSPS) is 12.7. The van der Waals surface area contributed by atoms with Crippen LogP contribution in [0.2, 0.25) is 0 Å². The van der Waals surface area contributed by atoms with Crippen molar-refractivity contribution in [3.8, 4) is 0 Å². The maximum atomic E-state index is 10.2. The summed E-state index contributed by atoms with van der Waals surface area (Å²) in [6.45, 7) is 4.17. The van der Waals surface area contributed by atoms with E-state index in [1.807, 2.05) is 10.8 Å². The van der Waals surface area contributed by atoms with Crippen molar-refractivity contribution in [1.29, 1.82) is 0 Å². The van der Waals surface area contributed by atoms with Crippen LogP contribution in [0, 0.1) is 13.8 Å². The first-order valence-electron chi connectivity index (χ1n) is 5.53. The van der Waals surface area contributed by atoms with E-state index in [2.05, 4.69) is 48.0 Å². The Morgan fingerprint density at radius 3 is 2.71 bits per heavy atom. The number of hydrogen-bond acceptors (Lipinski definition) is 2. The quantitative estimate of drug-likeness (QED) is 0.890. The van der Waals surface area contributed by atoms with Gasteiger partial charge >= 0.3 is 0 Å². The van der Waals surface area contributed by atoms with Crippen LogP contribution in [0.1, 0.15) is 28.4 Å². The Hall–Kier alpha value is -0.640. The highest BCUT2D eigenvalue weighted by Gasteiger charge is 2.14. The molecule has 0 bridgehead atoms. The van der Waals surface area contributed by atoms with E-state index in [9.17, 15) is 5.11 Å². The highest BCUT2D eigenvalue weighted by Crippen LogP contribution is 2.30. The van der Waals surface area contributed by atoms with Crippen LogP contribution in [0.25, 0.3) is 0 Å². The minimum absolute atomic E-state index is 0.434. The van der Waals surface area contributed by atoms with Gasteiger partial charge < -0.3 is 5.11 Å². The third-order valence-corrected chi connectivity index (χ3v) is 4.67. The Morgan fingerprint density at radius 2 is 2.06 bits per heavy atom. The largest absolute Gasteiger partial charge is 0.388 e. The Morgan fingerprint density at radius 1 is 1.29 bits per heavy atom. The molecule has 0 aliphatic carbocycles. The molecule has 0 radical (unpaired) electrons. The molecular formula is C14H15BrOS. The van der Waals surface area contributed by atoms with Gasteiger partial charge in [-0.1, -0.05) is 23.8 Å². The Balaban J connectivity index is 2.21. The van der Waals surface area contributed by atoms with Crippen LogP contribution in [0.3, 0.4) is 0 Å². The van der Waals surface area contributed by atoms with Gasteiger partial charge in [0.1, 0.15) is 0 Å². The third kappa shape index (κ3) is 2.97. The van der Waals surface area contributed by atoms with Crippen molar-refractivity contribution in [3.05, 3.63) is 55.7 Å². The maximum Gasteiger partial charge on any atom is 0.0849 e. The van der Waals surface area contributed by atoms with Gasteiger partial charge in [-0.3, -0.25) is 0 Å². The molecule has 1 aromatic carbocycles. The second-order valence-electron chi connectivity index (χ2n) is 4.32. The maximum absolute atomic E-state index is 10.2. The van der Waals surface area contributed by atoms with Crippen LogP contribution in [0.4, 0.5) is 0 Å². The molecule has 1 unspecified atom stereocenters. The van der Waals surface area contributed by atoms with Crippen molar-refractivity contribution in [2.45, 2.75) is 26.4 Å². The van der Waals surface area contributed by atoms with Crippen LogP contribution >= 0.6 is 27.3 Å². The summed E-state index contributed by atoms with van der Waals surface area (Å²) < 4.78 is 1.00. The molecule has 1 aromatic heterocycles. The number of benzene rings is 1. The molecule has 90 valence electrons. The van der Waals surface area contributed by atoms with E-state index in [1.54, 1.807) is 11.3 Å². The van der Waals surface area contributed by atoms with E-state index in [0.29, 0.717) is 6.42 Å². The average molecular weight is 311 g/mol. The summed E-state index contributed by atoms with van der Waals surface area (Å²) in [5.41, 5.74) is 4.68. The fourth-order valence-corrected chi connectivity index (χ4v) is 3.48. The van der Waals surface area contributed by atoms with Gasteiger partial charge in [-0.15, -0.1) is 0 Å². The molecule has 1 atom stereocenters. The molecule has 1 N–H and O–H groups in total. The Kier molecular flexibility index (Phi) is 4.02. The van der Waals surface area contributed by atoms with E-state index in [4.69, 9.17) is 0 Å². The smallest absolute Gasteiger partial charge is 0.0849 e. The van der Waals surface area contributed by atoms with Crippen LogP contribution in [-0.4, -0.2) is 5.11 Å². The van der Waals surface area contributed by atoms with E-state index >= 15 is 0 Å². The number of aliphatic hydroxyl groups excluding tert-OH is 1. The second-order valence-corrected chi connectivity index (χ2v) is 5.92. The number of rotatable bonds is 3. The van der Waals surface area contributed by atoms with Gasteiger partial charge in [0, 0.05) is 21.8 Å². The first-order chi connectivity index (χ1) is 8.08. The molecule has 0 aliphatic rings. The highest BCUT2D eigenvalue weighted by atomic mass is 79.9. The zero-order valence-corrected chi connectivity index (χ0v) is 12.3. The summed E-state index contributed by atoms with van der Waals surface area (Å²) in [7, 11) is 0. The van der Waals surface area contributed by atoms with Crippen molar-refractivity contribution >= 4 is 27.3 Å². The SMILES string of the molecule is Cc1ccc(C)c(CC(O)c2cscc2Br)c1. The second kappa shape index (κ2) is 5.34. The Labute approximate surface area is 114 Å². The fourth-order valence-electron chi connectivity index (χ4n) is 1.87. The van der Waals surface area contributed by atoms with Gasteiger partial charge in [-0.05, 0) is 46.3 Å². The van der Waals surface area contributed by atoms with Gasteiger partial charge in [0.15, 0.2) is 0 Å². The Bertz CT molecular complexity index is 519. The zero-order valence-electron chi connectivity index (χ0n) is 9.90.